The van der Waals surface area contributed by atoms with Gasteiger partial charge in [-0.3, -0.25) is 4.79 Å². The number of anilines is 2. The molecule has 3 heterocycles. The van der Waals surface area contributed by atoms with Crippen LogP contribution in [0.1, 0.15) is 24.8 Å². The van der Waals surface area contributed by atoms with Crippen molar-refractivity contribution in [2.45, 2.75) is 26.2 Å². The highest BCUT2D eigenvalue weighted by molar-refractivity contribution is 6.31. The summed E-state index contributed by atoms with van der Waals surface area (Å²) in [5.74, 6) is 1.52. The Morgan fingerprint density at radius 1 is 1.36 bits per heavy atom. The first kappa shape index (κ1) is 18.7. The molecule has 0 aliphatic carbocycles. The predicted molar refractivity (Wildman–Crippen MR) is 113 cm³/mol. The Morgan fingerprint density at radius 3 is 3.14 bits per heavy atom. The van der Waals surface area contributed by atoms with E-state index in [2.05, 4.69) is 25.2 Å². The molecule has 0 radical (unpaired) electrons. The van der Waals surface area contributed by atoms with Crippen LogP contribution in [0, 0.1) is 12.8 Å². The number of H-pyrrole nitrogens is 1. The maximum absolute atomic E-state index is 12.6. The van der Waals surface area contributed by atoms with Crippen LogP contribution in [-0.2, 0) is 4.79 Å². The summed E-state index contributed by atoms with van der Waals surface area (Å²) in [4.78, 5) is 26.7. The maximum atomic E-state index is 12.6. The number of rotatable bonds is 6. The summed E-state index contributed by atoms with van der Waals surface area (Å²) >= 11 is 6.15. The number of carbonyl (C=O) groups excluding carboxylic acids is 1. The minimum Gasteiger partial charge on any atom is -0.378 e. The van der Waals surface area contributed by atoms with Crippen molar-refractivity contribution in [3.05, 3.63) is 47.4 Å². The van der Waals surface area contributed by atoms with Crippen molar-refractivity contribution in [3.63, 3.8) is 0 Å². The van der Waals surface area contributed by atoms with Crippen LogP contribution in [0.4, 0.5) is 11.5 Å². The summed E-state index contributed by atoms with van der Waals surface area (Å²) in [6.45, 7) is 4.09. The lowest BCUT2D eigenvalue weighted by atomic mass is 9.92. The Kier molecular flexibility index (Phi) is 5.48. The number of Topliss-reactive ketones (excluding diaryl/α,β-unsaturated/α-hetero) is 1. The van der Waals surface area contributed by atoms with E-state index in [4.69, 9.17) is 11.6 Å². The molecule has 0 bridgehead atoms. The molecule has 1 aromatic carbocycles. The molecule has 2 N–H and O–H groups in total. The van der Waals surface area contributed by atoms with Crippen LogP contribution in [0.25, 0.3) is 11.0 Å². The van der Waals surface area contributed by atoms with Crippen molar-refractivity contribution in [2.75, 3.05) is 29.9 Å². The molecule has 28 heavy (non-hydrogen) atoms. The van der Waals surface area contributed by atoms with Crippen molar-refractivity contribution in [3.8, 4) is 0 Å². The Bertz CT molecular complexity index is 986. The van der Waals surface area contributed by atoms with Gasteiger partial charge >= 0.3 is 0 Å². The number of benzene rings is 1. The highest BCUT2D eigenvalue weighted by Gasteiger charge is 2.24. The Labute approximate surface area is 169 Å². The number of nitrogens with one attached hydrogen (secondary N) is 2. The first-order chi connectivity index (χ1) is 13.6. The number of aromatic amines is 1. The molecule has 0 spiro atoms. The summed E-state index contributed by atoms with van der Waals surface area (Å²) < 4.78 is 0. The topological polar surface area (TPSA) is 73.9 Å². The van der Waals surface area contributed by atoms with Crippen molar-refractivity contribution in [1.82, 2.24) is 15.0 Å². The molecule has 1 atom stereocenters. The summed E-state index contributed by atoms with van der Waals surface area (Å²) in [5.41, 5.74) is 2.74. The van der Waals surface area contributed by atoms with Crippen LogP contribution in [0.3, 0.4) is 0 Å². The second-order valence-corrected chi connectivity index (χ2v) is 7.81. The summed E-state index contributed by atoms with van der Waals surface area (Å²) in [6.07, 6.45) is 6.19. The largest absolute Gasteiger partial charge is 0.378 e. The molecule has 3 aromatic rings. The lowest BCUT2D eigenvalue weighted by molar-refractivity contribution is -0.118. The van der Waals surface area contributed by atoms with Gasteiger partial charge in [0.15, 0.2) is 5.78 Å². The van der Waals surface area contributed by atoms with Crippen LogP contribution in [0.15, 0.2) is 36.8 Å². The van der Waals surface area contributed by atoms with Crippen molar-refractivity contribution >= 4 is 39.9 Å². The van der Waals surface area contributed by atoms with Crippen LogP contribution in [-0.4, -0.2) is 40.4 Å². The lowest BCUT2D eigenvalue weighted by Crippen LogP contribution is -2.37. The van der Waals surface area contributed by atoms with Gasteiger partial charge in [-0.05, 0) is 49.4 Å². The average Bonchev–Trinajstić information content (AvgIpc) is 3.18. The molecule has 0 saturated carbocycles. The van der Waals surface area contributed by atoms with Crippen molar-refractivity contribution in [1.29, 1.82) is 0 Å². The Morgan fingerprint density at radius 2 is 2.25 bits per heavy atom. The molecule has 1 aliphatic rings. The van der Waals surface area contributed by atoms with E-state index in [-0.39, 0.29) is 5.78 Å². The monoisotopic (exact) mass is 397 g/mol. The van der Waals surface area contributed by atoms with E-state index in [1.807, 2.05) is 37.4 Å². The number of hydrogen-bond donors (Lipinski definition) is 2. The minimum atomic E-state index is 0.223. The van der Waals surface area contributed by atoms with Crippen LogP contribution in [0.2, 0.25) is 5.02 Å². The molecule has 1 saturated heterocycles. The third kappa shape index (κ3) is 3.97. The van der Waals surface area contributed by atoms with Crippen LogP contribution < -0.4 is 10.2 Å². The number of carbonyl (C=O) groups is 1. The number of hydrogen-bond acceptors (Lipinski definition) is 5. The SMILES string of the molecule is Cc1c(Cl)cccc1NCC(=O)C[C@@H]1CCCN(c2ncnc3[nH]ccc23)C1. The first-order valence-corrected chi connectivity index (χ1v) is 10.0. The van der Waals surface area contributed by atoms with E-state index in [1.54, 1.807) is 6.33 Å². The van der Waals surface area contributed by atoms with Gasteiger partial charge in [0.2, 0.25) is 0 Å². The zero-order valence-corrected chi connectivity index (χ0v) is 16.7. The number of nitrogens with zero attached hydrogens (tertiary/aromatic N) is 3. The normalized spacial score (nSPS) is 17.1. The van der Waals surface area contributed by atoms with Gasteiger partial charge in [-0.15, -0.1) is 0 Å². The Hall–Kier alpha value is -2.60. The zero-order chi connectivity index (χ0) is 19.5. The molecule has 7 heteroatoms. The smallest absolute Gasteiger partial charge is 0.152 e. The fraction of sp³-hybridized carbons (Fsp3) is 0.381. The quantitative estimate of drug-likeness (QED) is 0.651. The number of fused-ring (bicyclic) bond motifs is 1. The standard InChI is InChI=1S/C21H24ClN5O/c1-14-18(22)5-2-6-19(14)24-11-16(28)10-15-4-3-9-27(12-15)21-17-7-8-23-20(17)25-13-26-21/h2,5-8,13,15,24H,3-4,9-12H2,1H3,(H,23,25,26)/t15-/m0/s1. The molecule has 4 rings (SSSR count). The highest BCUT2D eigenvalue weighted by Crippen LogP contribution is 2.28. The van der Waals surface area contributed by atoms with Crippen LogP contribution >= 0.6 is 11.6 Å². The third-order valence-electron chi connectivity index (χ3n) is 5.41. The van der Waals surface area contributed by atoms with Gasteiger partial charge in [0.05, 0.1) is 11.9 Å². The van der Waals surface area contributed by atoms with Gasteiger partial charge in [-0.2, -0.15) is 0 Å². The van der Waals surface area contributed by atoms with E-state index < -0.39 is 0 Å². The molecule has 2 aromatic heterocycles. The van der Waals surface area contributed by atoms with E-state index in [1.165, 1.54) is 0 Å². The van der Waals surface area contributed by atoms with E-state index in [0.717, 1.165) is 54.0 Å². The second-order valence-electron chi connectivity index (χ2n) is 7.40. The van der Waals surface area contributed by atoms with Gasteiger partial charge < -0.3 is 15.2 Å². The molecule has 1 aliphatic heterocycles. The molecule has 0 unspecified atom stereocenters. The summed E-state index contributed by atoms with van der Waals surface area (Å²) in [5, 5.41) is 4.98. The van der Waals surface area contributed by atoms with Crippen molar-refractivity contribution in [2.24, 2.45) is 5.92 Å². The van der Waals surface area contributed by atoms with Gasteiger partial charge in [-0.1, -0.05) is 17.7 Å². The minimum absolute atomic E-state index is 0.223. The van der Waals surface area contributed by atoms with Gasteiger partial charge in [0.1, 0.15) is 17.8 Å². The average molecular weight is 398 g/mol. The van der Waals surface area contributed by atoms with Gasteiger partial charge in [-0.25, -0.2) is 9.97 Å². The van der Waals surface area contributed by atoms with E-state index >= 15 is 0 Å². The van der Waals surface area contributed by atoms with Gasteiger partial charge in [0.25, 0.3) is 0 Å². The summed E-state index contributed by atoms with van der Waals surface area (Å²) in [6, 6.07) is 7.71. The van der Waals surface area contributed by atoms with Crippen LogP contribution in [0.5, 0.6) is 0 Å². The zero-order valence-electron chi connectivity index (χ0n) is 15.9. The number of ketones is 1. The molecular weight excluding hydrogens is 374 g/mol. The van der Waals surface area contributed by atoms with Gasteiger partial charge in [0, 0.05) is 36.4 Å². The molecule has 1 fully saturated rings. The highest BCUT2D eigenvalue weighted by atomic mass is 35.5. The molecule has 0 amide bonds. The second kappa shape index (κ2) is 8.19. The molecule has 146 valence electrons. The lowest BCUT2D eigenvalue weighted by Gasteiger charge is -2.33. The first-order valence-electron chi connectivity index (χ1n) is 9.65. The maximum Gasteiger partial charge on any atom is 0.152 e. The molecular formula is C21H24ClN5O. The fourth-order valence-electron chi connectivity index (χ4n) is 3.92. The fourth-order valence-corrected chi connectivity index (χ4v) is 4.10. The van der Waals surface area contributed by atoms with E-state index in [9.17, 15) is 4.79 Å². The van der Waals surface area contributed by atoms with Crippen molar-refractivity contribution < 1.29 is 4.79 Å². The number of aromatic nitrogens is 3. The Balaban J connectivity index is 1.36. The summed E-state index contributed by atoms with van der Waals surface area (Å²) in [7, 11) is 0. The number of halogens is 1. The predicted octanol–water partition coefficient (Wildman–Crippen LogP) is 4.21. The van der Waals surface area contributed by atoms with E-state index in [0.29, 0.717) is 23.9 Å². The molecule has 6 nitrogen and oxygen atoms in total. The third-order valence-corrected chi connectivity index (χ3v) is 5.82. The number of piperidine rings is 1.